The number of rotatable bonds is 4. The first-order valence-electron chi connectivity index (χ1n) is 7.39. The maximum Gasteiger partial charge on any atom is 0.147 e. The van der Waals surface area contributed by atoms with Gasteiger partial charge in [-0.2, -0.15) is 0 Å². The van der Waals surface area contributed by atoms with E-state index in [0.717, 1.165) is 31.0 Å². The molecule has 0 fully saturated rings. The molecule has 0 aliphatic rings. The lowest BCUT2D eigenvalue weighted by molar-refractivity contribution is 1.40. The van der Waals surface area contributed by atoms with Crippen molar-refractivity contribution >= 4 is 56.4 Å². The quantitative estimate of drug-likeness (QED) is 0.322. The van der Waals surface area contributed by atoms with Crippen LogP contribution in [-0.4, -0.2) is 10.8 Å². The van der Waals surface area contributed by atoms with Gasteiger partial charge in [0.05, 0.1) is 9.75 Å². The standard InChI is InChI=1S/C18H12ClN3S3/c19-12-7-5-11(6-8-12)17-21-15(13-3-1-9-23-13)18(25-17)22-16(20)14-4-2-10-24-14/h1-10H,(H2,20,22). The van der Waals surface area contributed by atoms with E-state index in [1.807, 2.05) is 59.3 Å². The van der Waals surface area contributed by atoms with Crippen molar-refractivity contribution in [3.05, 3.63) is 69.2 Å². The Hall–Kier alpha value is -1.99. The molecule has 0 atom stereocenters. The Balaban J connectivity index is 1.82. The highest BCUT2D eigenvalue weighted by atomic mass is 35.5. The number of amidine groups is 1. The van der Waals surface area contributed by atoms with Crippen molar-refractivity contribution in [1.82, 2.24) is 4.98 Å². The predicted molar refractivity (Wildman–Crippen MR) is 111 cm³/mol. The summed E-state index contributed by atoms with van der Waals surface area (Å²) in [7, 11) is 0. The van der Waals surface area contributed by atoms with Gasteiger partial charge >= 0.3 is 0 Å². The predicted octanol–water partition coefficient (Wildman–Crippen LogP) is 6.29. The summed E-state index contributed by atoms with van der Waals surface area (Å²) in [6, 6.07) is 15.7. The molecular formula is C18H12ClN3S3. The van der Waals surface area contributed by atoms with Crippen LogP contribution in [0.3, 0.4) is 0 Å². The molecule has 1 aromatic carbocycles. The van der Waals surface area contributed by atoms with E-state index in [2.05, 4.69) is 4.99 Å². The molecule has 0 aliphatic heterocycles. The van der Waals surface area contributed by atoms with Crippen molar-refractivity contribution in [2.75, 3.05) is 0 Å². The minimum absolute atomic E-state index is 0.513. The van der Waals surface area contributed by atoms with Crippen LogP contribution < -0.4 is 5.73 Å². The number of aliphatic imine (C=N–C) groups is 1. The van der Waals surface area contributed by atoms with E-state index in [9.17, 15) is 0 Å². The van der Waals surface area contributed by atoms with Crippen molar-refractivity contribution in [3.8, 4) is 21.1 Å². The maximum atomic E-state index is 6.19. The number of nitrogens with zero attached hydrogens (tertiary/aromatic N) is 2. The van der Waals surface area contributed by atoms with Gasteiger partial charge in [-0.1, -0.05) is 47.2 Å². The van der Waals surface area contributed by atoms with Crippen LogP contribution in [0.2, 0.25) is 5.02 Å². The largest absolute Gasteiger partial charge is 0.382 e. The molecule has 4 rings (SSSR count). The molecule has 3 heterocycles. The Morgan fingerprint density at radius 3 is 2.44 bits per heavy atom. The van der Waals surface area contributed by atoms with Gasteiger partial charge in [-0.15, -0.1) is 22.7 Å². The van der Waals surface area contributed by atoms with Gasteiger partial charge in [-0.25, -0.2) is 9.98 Å². The van der Waals surface area contributed by atoms with E-state index in [1.54, 1.807) is 22.7 Å². The van der Waals surface area contributed by atoms with Crippen molar-refractivity contribution in [3.63, 3.8) is 0 Å². The second-order valence-electron chi connectivity index (χ2n) is 5.13. The molecule has 124 valence electrons. The van der Waals surface area contributed by atoms with E-state index in [-0.39, 0.29) is 0 Å². The molecule has 0 amide bonds. The zero-order valence-electron chi connectivity index (χ0n) is 12.8. The molecule has 25 heavy (non-hydrogen) atoms. The highest BCUT2D eigenvalue weighted by Crippen LogP contribution is 2.41. The third kappa shape index (κ3) is 3.52. The Morgan fingerprint density at radius 2 is 1.76 bits per heavy atom. The highest BCUT2D eigenvalue weighted by Gasteiger charge is 2.16. The van der Waals surface area contributed by atoms with Gasteiger partial charge in [0, 0.05) is 10.6 Å². The van der Waals surface area contributed by atoms with Gasteiger partial charge in [0.25, 0.3) is 0 Å². The van der Waals surface area contributed by atoms with Gasteiger partial charge < -0.3 is 5.73 Å². The van der Waals surface area contributed by atoms with E-state index < -0.39 is 0 Å². The monoisotopic (exact) mass is 401 g/mol. The topological polar surface area (TPSA) is 51.3 Å². The number of benzene rings is 1. The van der Waals surface area contributed by atoms with Crippen LogP contribution in [0, 0.1) is 0 Å². The van der Waals surface area contributed by atoms with Crippen LogP contribution in [0.25, 0.3) is 21.1 Å². The summed E-state index contributed by atoms with van der Waals surface area (Å²) in [6.07, 6.45) is 0. The molecule has 3 nitrogen and oxygen atoms in total. The van der Waals surface area contributed by atoms with E-state index >= 15 is 0 Å². The van der Waals surface area contributed by atoms with Crippen LogP contribution >= 0.6 is 45.6 Å². The average molecular weight is 402 g/mol. The minimum atomic E-state index is 0.513. The average Bonchev–Trinajstić information content (AvgIpc) is 3.37. The molecule has 0 radical (unpaired) electrons. The van der Waals surface area contributed by atoms with E-state index in [0.29, 0.717) is 10.9 Å². The summed E-state index contributed by atoms with van der Waals surface area (Å²) >= 11 is 10.7. The van der Waals surface area contributed by atoms with Gasteiger partial charge in [0.15, 0.2) is 0 Å². The molecule has 0 spiro atoms. The number of thiophene rings is 2. The number of hydrogen-bond donors (Lipinski definition) is 1. The third-order valence-corrected chi connectivity index (χ3v) is 6.47. The summed E-state index contributed by atoms with van der Waals surface area (Å²) in [5.74, 6) is 0.513. The van der Waals surface area contributed by atoms with Crippen molar-refractivity contribution in [2.24, 2.45) is 10.7 Å². The third-order valence-electron chi connectivity index (χ3n) is 3.45. The lowest BCUT2D eigenvalue weighted by Crippen LogP contribution is -2.10. The highest BCUT2D eigenvalue weighted by molar-refractivity contribution is 7.20. The lowest BCUT2D eigenvalue weighted by Gasteiger charge is -1.97. The number of hydrogen-bond acceptors (Lipinski definition) is 5. The zero-order valence-corrected chi connectivity index (χ0v) is 16.1. The SMILES string of the molecule is N/C(=N\c1sc(-c2ccc(Cl)cc2)nc1-c1cccs1)c1cccs1. The van der Waals surface area contributed by atoms with Gasteiger partial charge in [0.2, 0.25) is 0 Å². The fourth-order valence-electron chi connectivity index (χ4n) is 2.27. The fourth-order valence-corrected chi connectivity index (χ4v) is 4.77. The summed E-state index contributed by atoms with van der Waals surface area (Å²) in [6.45, 7) is 0. The van der Waals surface area contributed by atoms with Crippen LogP contribution in [0.15, 0.2) is 64.3 Å². The Morgan fingerprint density at radius 1 is 1.00 bits per heavy atom. The number of thiazole rings is 1. The molecule has 3 aromatic heterocycles. The normalized spacial score (nSPS) is 11.8. The smallest absolute Gasteiger partial charge is 0.147 e. The van der Waals surface area contributed by atoms with Crippen LogP contribution in [0.5, 0.6) is 0 Å². The molecule has 0 unspecified atom stereocenters. The van der Waals surface area contributed by atoms with Crippen molar-refractivity contribution < 1.29 is 0 Å². The molecule has 0 saturated heterocycles. The first kappa shape index (κ1) is 16.5. The zero-order chi connectivity index (χ0) is 17.2. The Labute approximate surface area is 162 Å². The summed E-state index contributed by atoms with van der Waals surface area (Å²) in [4.78, 5) is 11.5. The second-order valence-corrected chi connectivity index (χ2v) is 8.44. The molecule has 7 heteroatoms. The van der Waals surface area contributed by atoms with Crippen LogP contribution in [-0.2, 0) is 0 Å². The molecule has 0 saturated carbocycles. The molecule has 2 N–H and O–H groups in total. The van der Waals surface area contributed by atoms with Crippen LogP contribution in [0.4, 0.5) is 5.00 Å². The molecule has 0 bridgehead atoms. The summed E-state index contributed by atoms with van der Waals surface area (Å²) in [5.41, 5.74) is 8.07. The van der Waals surface area contributed by atoms with E-state index in [1.165, 1.54) is 11.3 Å². The number of halogens is 1. The minimum Gasteiger partial charge on any atom is -0.382 e. The van der Waals surface area contributed by atoms with Gasteiger partial charge in [0.1, 0.15) is 21.5 Å². The van der Waals surface area contributed by atoms with E-state index in [4.69, 9.17) is 22.3 Å². The summed E-state index contributed by atoms with van der Waals surface area (Å²) < 4.78 is 0. The van der Waals surface area contributed by atoms with Gasteiger partial charge in [-0.05, 0) is 35.0 Å². The van der Waals surface area contributed by atoms with Crippen molar-refractivity contribution in [2.45, 2.75) is 0 Å². The molecule has 4 aromatic rings. The molecule has 0 aliphatic carbocycles. The van der Waals surface area contributed by atoms with Crippen LogP contribution in [0.1, 0.15) is 4.88 Å². The summed E-state index contributed by atoms with van der Waals surface area (Å²) in [5, 5.41) is 6.45. The second kappa shape index (κ2) is 7.09. The lowest BCUT2D eigenvalue weighted by atomic mass is 10.2. The molecular weight excluding hydrogens is 390 g/mol. The van der Waals surface area contributed by atoms with Crippen molar-refractivity contribution in [1.29, 1.82) is 0 Å². The maximum absolute atomic E-state index is 6.19. The first-order chi connectivity index (χ1) is 12.2. The Bertz CT molecular complexity index is 1000. The van der Waals surface area contributed by atoms with Gasteiger partial charge in [-0.3, -0.25) is 0 Å². The first-order valence-corrected chi connectivity index (χ1v) is 10.3. The number of aromatic nitrogens is 1. The number of nitrogens with two attached hydrogens (primary N) is 1. The fraction of sp³-hybridized carbons (Fsp3) is 0. The Kier molecular flexibility index (Phi) is 4.67.